The van der Waals surface area contributed by atoms with Gasteiger partial charge in [-0.25, -0.2) is 0 Å². The number of aliphatic carboxylic acids is 2. The predicted octanol–water partition coefficient (Wildman–Crippen LogP) is 0.691. The van der Waals surface area contributed by atoms with Crippen LogP contribution in [0.25, 0.3) is 0 Å². The van der Waals surface area contributed by atoms with E-state index in [1.807, 2.05) is 0 Å². The summed E-state index contributed by atoms with van der Waals surface area (Å²) in [4.78, 5) is 20.8. The van der Waals surface area contributed by atoms with Crippen LogP contribution in [0.1, 0.15) is 11.1 Å². The molecule has 0 saturated carbocycles. The number of carboxylic acids is 2. The van der Waals surface area contributed by atoms with Crippen LogP contribution in [0.2, 0.25) is 0 Å². The molecule has 9 heteroatoms. The van der Waals surface area contributed by atoms with Crippen LogP contribution < -0.4 is 11.5 Å². The van der Waals surface area contributed by atoms with Crippen molar-refractivity contribution in [2.75, 3.05) is 0 Å². The summed E-state index contributed by atoms with van der Waals surface area (Å²) in [5.41, 5.74) is 12.2. The normalized spacial score (nSPS) is 11.9. The van der Waals surface area contributed by atoms with Gasteiger partial charge in [0.05, 0.1) is 0 Å². The van der Waals surface area contributed by atoms with Gasteiger partial charge in [0.1, 0.15) is 23.6 Å². The van der Waals surface area contributed by atoms with Crippen LogP contribution in [-0.2, 0) is 39.2 Å². The zero-order valence-electron chi connectivity index (χ0n) is 14.3. The number of aromatic hydroxyl groups is 2. The molecule has 0 aliphatic carbocycles. The summed E-state index contributed by atoms with van der Waals surface area (Å²) in [7, 11) is 0. The number of nitrogens with two attached hydrogens (primary N) is 2. The molecule has 0 saturated heterocycles. The maximum Gasteiger partial charge on any atom is 0.320 e. The summed E-state index contributed by atoms with van der Waals surface area (Å²) in [5, 5.41) is 35.0. The van der Waals surface area contributed by atoms with Crippen molar-refractivity contribution in [2.45, 2.75) is 24.9 Å². The first kappa shape index (κ1) is 24.4. The van der Waals surface area contributed by atoms with Gasteiger partial charge in [0.25, 0.3) is 0 Å². The Morgan fingerprint density at radius 3 is 1.19 bits per heavy atom. The molecule has 2 aromatic carbocycles. The van der Waals surface area contributed by atoms with E-state index < -0.39 is 24.0 Å². The molecule has 2 aromatic rings. The van der Waals surface area contributed by atoms with E-state index in [2.05, 4.69) is 0 Å². The fraction of sp³-hybridized carbons (Fsp3) is 0.222. The van der Waals surface area contributed by atoms with Gasteiger partial charge >= 0.3 is 11.9 Å². The molecule has 2 unspecified atom stereocenters. The first-order valence-electron chi connectivity index (χ1n) is 7.71. The number of benzene rings is 2. The molecule has 0 heterocycles. The van der Waals surface area contributed by atoms with Gasteiger partial charge in [-0.1, -0.05) is 24.3 Å². The van der Waals surface area contributed by atoms with Crippen LogP contribution in [0.3, 0.4) is 0 Å². The van der Waals surface area contributed by atoms with E-state index in [0.29, 0.717) is 0 Å². The van der Waals surface area contributed by atoms with Gasteiger partial charge < -0.3 is 31.9 Å². The maximum atomic E-state index is 10.4. The second kappa shape index (κ2) is 11.9. The van der Waals surface area contributed by atoms with Gasteiger partial charge in [-0.2, -0.15) is 0 Å². The van der Waals surface area contributed by atoms with Crippen LogP contribution >= 0.6 is 0 Å². The van der Waals surface area contributed by atoms with Gasteiger partial charge in [-0.05, 0) is 48.2 Å². The average molecular weight is 421 g/mol. The van der Waals surface area contributed by atoms with Crippen molar-refractivity contribution in [1.82, 2.24) is 0 Å². The number of phenols is 2. The summed E-state index contributed by atoms with van der Waals surface area (Å²) in [6.07, 6.45) is 0.547. The van der Waals surface area contributed by atoms with Crippen LogP contribution in [0.15, 0.2) is 48.5 Å². The number of hydrogen-bond donors (Lipinski definition) is 6. The van der Waals surface area contributed by atoms with E-state index in [0.717, 1.165) is 11.1 Å². The van der Waals surface area contributed by atoms with Gasteiger partial charge in [-0.3, -0.25) is 9.59 Å². The minimum absolute atomic E-state index is 0. The van der Waals surface area contributed by atoms with Crippen molar-refractivity contribution in [3.63, 3.8) is 0 Å². The molecule has 8 N–H and O–H groups in total. The molecule has 0 bridgehead atoms. The molecule has 0 fully saturated rings. The summed E-state index contributed by atoms with van der Waals surface area (Å²) < 4.78 is 0. The third-order valence-corrected chi connectivity index (χ3v) is 3.42. The molecule has 2 rings (SSSR count). The van der Waals surface area contributed by atoms with Crippen LogP contribution in [0.5, 0.6) is 11.5 Å². The Kier molecular flexibility index (Phi) is 10.8. The Morgan fingerprint density at radius 2 is 0.963 bits per heavy atom. The molecule has 8 nitrogen and oxygen atoms in total. The minimum Gasteiger partial charge on any atom is -0.508 e. The minimum atomic E-state index is -1.02. The standard InChI is InChI=1S/2C9H11NO3.Co/c2*10-8(9(12)13)5-6-1-3-7(11)4-2-6;/h2*1-4,8,11H,5,10H2,(H,12,13);. The SMILES string of the molecule is NC(Cc1ccc(O)cc1)C(=O)O.NC(Cc1ccc(O)cc1)C(=O)O.[Co]. The van der Waals surface area contributed by atoms with E-state index >= 15 is 0 Å². The van der Waals surface area contributed by atoms with Gasteiger partial charge in [-0.15, -0.1) is 0 Å². The number of carboxylic acid groups (broad SMARTS) is 2. The third-order valence-electron chi connectivity index (χ3n) is 3.42. The van der Waals surface area contributed by atoms with Crippen molar-refractivity contribution in [3.05, 3.63) is 59.7 Å². The second-order valence-corrected chi connectivity index (χ2v) is 5.63. The average Bonchev–Trinajstić information content (AvgIpc) is 2.59. The molecule has 0 spiro atoms. The first-order chi connectivity index (χ1) is 12.2. The molecule has 0 amide bonds. The van der Waals surface area contributed by atoms with Crippen molar-refractivity contribution in [2.24, 2.45) is 11.5 Å². The molecule has 0 aliphatic heterocycles. The van der Waals surface area contributed by atoms with Crippen molar-refractivity contribution in [3.8, 4) is 11.5 Å². The van der Waals surface area contributed by atoms with Crippen LogP contribution in [0.4, 0.5) is 0 Å². The summed E-state index contributed by atoms with van der Waals surface area (Å²) in [5.74, 6) is -1.72. The van der Waals surface area contributed by atoms with E-state index in [9.17, 15) is 9.59 Å². The van der Waals surface area contributed by atoms with E-state index in [-0.39, 0.29) is 41.1 Å². The van der Waals surface area contributed by atoms with E-state index in [1.165, 1.54) is 24.3 Å². The molecule has 27 heavy (non-hydrogen) atoms. The Hall–Kier alpha value is -2.59. The topological polar surface area (TPSA) is 167 Å². The largest absolute Gasteiger partial charge is 0.508 e. The van der Waals surface area contributed by atoms with Gasteiger partial charge in [0.15, 0.2) is 0 Å². The smallest absolute Gasteiger partial charge is 0.320 e. The monoisotopic (exact) mass is 421 g/mol. The van der Waals surface area contributed by atoms with Crippen LogP contribution in [-0.4, -0.2) is 44.4 Å². The van der Waals surface area contributed by atoms with Crippen molar-refractivity contribution >= 4 is 11.9 Å². The molecule has 149 valence electrons. The number of phenolic OH excluding ortho intramolecular Hbond substituents is 2. The Bertz CT molecular complexity index is 658. The molecule has 2 atom stereocenters. The Labute approximate surface area is 166 Å². The fourth-order valence-corrected chi connectivity index (χ4v) is 1.95. The summed E-state index contributed by atoms with van der Waals surface area (Å²) >= 11 is 0. The molecule has 1 radical (unpaired) electrons. The maximum absolute atomic E-state index is 10.4. The molecule has 0 aromatic heterocycles. The zero-order valence-corrected chi connectivity index (χ0v) is 15.3. The van der Waals surface area contributed by atoms with Gasteiger partial charge in [0, 0.05) is 16.8 Å². The number of carbonyl (C=O) groups is 2. The quantitative estimate of drug-likeness (QED) is 0.396. The summed E-state index contributed by atoms with van der Waals surface area (Å²) in [6.45, 7) is 0. The molecular weight excluding hydrogens is 399 g/mol. The number of hydrogen-bond acceptors (Lipinski definition) is 6. The third kappa shape index (κ3) is 9.61. The number of rotatable bonds is 6. The van der Waals surface area contributed by atoms with E-state index in [4.69, 9.17) is 31.9 Å². The fourth-order valence-electron chi connectivity index (χ4n) is 1.95. The Morgan fingerprint density at radius 1 is 0.704 bits per heavy atom. The molecular formula is C18H22CoN2O6. The van der Waals surface area contributed by atoms with Gasteiger partial charge in [0.2, 0.25) is 0 Å². The van der Waals surface area contributed by atoms with E-state index in [1.54, 1.807) is 24.3 Å². The van der Waals surface area contributed by atoms with Crippen molar-refractivity contribution < 1.29 is 46.8 Å². The predicted molar refractivity (Wildman–Crippen MR) is 94.8 cm³/mol. The molecule has 0 aliphatic rings. The van der Waals surface area contributed by atoms with Crippen molar-refractivity contribution in [1.29, 1.82) is 0 Å². The first-order valence-corrected chi connectivity index (χ1v) is 7.71. The summed E-state index contributed by atoms with van der Waals surface area (Å²) in [6, 6.07) is 10.8. The Balaban J connectivity index is 0.000000483. The van der Waals surface area contributed by atoms with Crippen LogP contribution in [0, 0.1) is 0 Å². The zero-order chi connectivity index (χ0) is 19.7. The second-order valence-electron chi connectivity index (χ2n) is 5.63.